The van der Waals surface area contributed by atoms with Crippen LogP contribution in [0.25, 0.3) is 0 Å². The topological polar surface area (TPSA) is 63.5 Å². The predicted molar refractivity (Wildman–Crippen MR) is 72.9 cm³/mol. The van der Waals surface area contributed by atoms with Crippen molar-refractivity contribution in [2.75, 3.05) is 47.2 Å². The van der Waals surface area contributed by atoms with E-state index in [1.807, 2.05) is 7.05 Å². The highest BCUT2D eigenvalue weighted by Crippen LogP contribution is 2.37. The average Bonchev–Trinajstić information content (AvgIpc) is 2.85. The summed E-state index contributed by atoms with van der Waals surface area (Å²) in [6, 6.07) is 2.45. The Morgan fingerprint density at radius 3 is 2.53 bits per heavy atom. The predicted octanol–water partition coefficient (Wildman–Crippen LogP) is 1.34. The van der Waals surface area contributed by atoms with Gasteiger partial charge in [0.15, 0.2) is 0 Å². The van der Waals surface area contributed by atoms with Crippen LogP contribution >= 0.6 is 0 Å². The van der Waals surface area contributed by atoms with Crippen molar-refractivity contribution >= 4 is 0 Å². The van der Waals surface area contributed by atoms with Crippen molar-refractivity contribution < 1.29 is 14.2 Å². The number of ether oxygens (including phenoxy) is 3. The Balaban J connectivity index is 2.08. The van der Waals surface area contributed by atoms with Crippen molar-refractivity contribution in [3.63, 3.8) is 0 Å². The Bertz CT molecular complexity index is 280. The molecule has 0 aromatic rings. The van der Waals surface area contributed by atoms with E-state index in [0.29, 0.717) is 39.0 Å². The maximum atomic E-state index is 9.32. The lowest BCUT2D eigenvalue weighted by Crippen LogP contribution is -2.45. The van der Waals surface area contributed by atoms with Gasteiger partial charge in [0.1, 0.15) is 5.54 Å². The summed E-state index contributed by atoms with van der Waals surface area (Å²) in [5, 5.41) is 12.5. The Morgan fingerprint density at radius 1 is 1.21 bits per heavy atom. The first-order chi connectivity index (χ1) is 9.29. The van der Waals surface area contributed by atoms with Crippen molar-refractivity contribution in [2.45, 2.75) is 31.2 Å². The number of nitrogens with zero attached hydrogens (tertiary/aromatic N) is 1. The van der Waals surface area contributed by atoms with Crippen molar-refractivity contribution in [1.29, 1.82) is 5.26 Å². The SMILES string of the molecule is CNC1(C#N)CCCC1CCOCCOCCOC. The van der Waals surface area contributed by atoms with Crippen LogP contribution in [0.3, 0.4) is 0 Å². The van der Waals surface area contributed by atoms with Crippen molar-refractivity contribution in [1.82, 2.24) is 5.32 Å². The van der Waals surface area contributed by atoms with Gasteiger partial charge in [-0.2, -0.15) is 5.26 Å². The van der Waals surface area contributed by atoms with E-state index in [9.17, 15) is 5.26 Å². The van der Waals surface area contributed by atoms with Crippen LogP contribution in [0.4, 0.5) is 0 Å². The summed E-state index contributed by atoms with van der Waals surface area (Å²) >= 11 is 0. The van der Waals surface area contributed by atoms with Crippen molar-refractivity contribution in [2.24, 2.45) is 5.92 Å². The molecule has 19 heavy (non-hydrogen) atoms. The van der Waals surface area contributed by atoms with Gasteiger partial charge in [-0.1, -0.05) is 6.42 Å². The number of methoxy groups -OCH3 is 1. The zero-order valence-corrected chi connectivity index (χ0v) is 12.1. The normalized spacial score (nSPS) is 26.5. The van der Waals surface area contributed by atoms with Crippen molar-refractivity contribution in [3.05, 3.63) is 0 Å². The Labute approximate surface area is 116 Å². The van der Waals surface area contributed by atoms with Crippen LogP contribution in [0.15, 0.2) is 0 Å². The van der Waals surface area contributed by atoms with Gasteiger partial charge in [-0.15, -0.1) is 0 Å². The largest absolute Gasteiger partial charge is 0.382 e. The lowest BCUT2D eigenvalue weighted by molar-refractivity contribution is 0.0206. The summed E-state index contributed by atoms with van der Waals surface area (Å²) < 4.78 is 15.8. The number of hydrogen-bond acceptors (Lipinski definition) is 5. The van der Waals surface area contributed by atoms with Gasteiger partial charge in [0.2, 0.25) is 0 Å². The zero-order chi connectivity index (χ0) is 14.0. The fourth-order valence-electron chi connectivity index (χ4n) is 2.69. The number of nitrogens with one attached hydrogen (secondary N) is 1. The maximum absolute atomic E-state index is 9.32. The maximum Gasteiger partial charge on any atom is 0.109 e. The first-order valence-electron chi connectivity index (χ1n) is 7.03. The van der Waals surface area contributed by atoms with Gasteiger partial charge in [-0.25, -0.2) is 0 Å². The number of rotatable bonds is 10. The molecule has 1 rings (SSSR count). The summed E-state index contributed by atoms with van der Waals surface area (Å²) in [7, 11) is 3.54. The monoisotopic (exact) mass is 270 g/mol. The van der Waals surface area contributed by atoms with Gasteiger partial charge >= 0.3 is 0 Å². The van der Waals surface area contributed by atoms with Crippen LogP contribution in [-0.2, 0) is 14.2 Å². The second-order valence-corrected chi connectivity index (χ2v) is 4.93. The standard InChI is InChI=1S/C14H26N2O3/c1-16-14(12-15)6-3-4-13(14)5-7-18-10-11-19-9-8-17-2/h13,16H,3-11H2,1-2H3. The van der Waals surface area contributed by atoms with Gasteiger partial charge in [-0.3, -0.25) is 0 Å². The smallest absolute Gasteiger partial charge is 0.109 e. The van der Waals surface area contributed by atoms with E-state index in [1.54, 1.807) is 7.11 Å². The minimum Gasteiger partial charge on any atom is -0.382 e. The molecule has 0 heterocycles. The first-order valence-corrected chi connectivity index (χ1v) is 7.03. The molecule has 0 aromatic heterocycles. The molecular weight excluding hydrogens is 244 g/mol. The van der Waals surface area contributed by atoms with E-state index in [4.69, 9.17) is 14.2 Å². The Kier molecular flexibility index (Phi) is 7.99. The molecule has 5 heteroatoms. The molecule has 5 nitrogen and oxygen atoms in total. The summed E-state index contributed by atoms with van der Waals surface area (Å²) in [4.78, 5) is 0. The lowest BCUT2D eigenvalue weighted by atomic mass is 9.86. The molecule has 0 amide bonds. The van der Waals surface area contributed by atoms with Crippen LogP contribution in [0.1, 0.15) is 25.7 Å². The molecule has 1 aliphatic rings. The van der Waals surface area contributed by atoms with Gasteiger partial charge in [-0.05, 0) is 32.2 Å². The highest BCUT2D eigenvalue weighted by molar-refractivity contribution is 5.13. The zero-order valence-electron chi connectivity index (χ0n) is 12.1. The quantitative estimate of drug-likeness (QED) is 0.607. The minimum absolute atomic E-state index is 0.335. The number of nitriles is 1. The summed E-state index contributed by atoms with van der Waals surface area (Å²) in [6.07, 6.45) is 4.12. The van der Waals surface area contributed by atoms with Gasteiger partial charge in [0.25, 0.3) is 0 Å². The fourth-order valence-corrected chi connectivity index (χ4v) is 2.69. The van der Waals surface area contributed by atoms with Gasteiger partial charge in [0.05, 0.1) is 32.5 Å². The van der Waals surface area contributed by atoms with Gasteiger partial charge < -0.3 is 19.5 Å². The lowest BCUT2D eigenvalue weighted by Gasteiger charge is -2.28. The van der Waals surface area contributed by atoms with E-state index in [1.165, 1.54) is 0 Å². The second-order valence-electron chi connectivity index (χ2n) is 4.93. The van der Waals surface area contributed by atoms with E-state index in [-0.39, 0.29) is 5.54 Å². The average molecular weight is 270 g/mol. The molecule has 1 saturated carbocycles. The van der Waals surface area contributed by atoms with Crippen LogP contribution in [0.2, 0.25) is 0 Å². The van der Waals surface area contributed by atoms with Crippen LogP contribution < -0.4 is 5.32 Å². The minimum atomic E-state index is -0.335. The van der Waals surface area contributed by atoms with Crippen molar-refractivity contribution in [3.8, 4) is 6.07 Å². The third-order valence-corrected chi connectivity index (χ3v) is 3.88. The molecule has 2 unspecified atom stereocenters. The van der Waals surface area contributed by atoms with Crippen LogP contribution in [-0.4, -0.2) is 52.7 Å². The van der Waals surface area contributed by atoms with Crippen LogP contribution in [0, 0.1) is 17.2 Å². The molecular formula is C14H26N2O3. The molecule has 0 radical (unpaired) electrons. The third-order valence-electron chi connectivity index (χ3n) is 3.88. The molecule has 1 aliphatic carbocycles. The molecule has 2 atom stereocenters. The molecule has 0 aromatic carbocycles. The molecule has 0 bridgehead atoms. The van der Waals surface area contributed by atoms with E-state index < -0.39 is 0 Å². The summed E-state index contributed by atoms with van der Waals surface area (Å²) in [5.41, 5.74) is -0.335. The molecule has 1 fully saturated rings. The Hall–Kier alpha value is -0.670. The van der Waals surface area contributed by atoms with Gasteiger partial charge in [0, 0.05) is 13.7 Å². The highest BCUT2D eigenvalue weighted by atomic mass is 16.5. The van der Waals surface area contributed by atoms with E-state index in [0.717, 1.165) is 25.7 Å². The summed E-state index contributed by atoms with van der Waals surface area (Å²) in [6.45, 7) is 3.14. The van der Waals surface area contributed by atoms with E-state index in [2.05, 4.69) is 11.4 Å². The second kappa shape index (κ2) is 9.27. The van der Waals surface area contributed by atoms with E-state index >= 15 is 0 Å². The molecule has 1 N–H and O–H groups in total. The molecule has 0 aliphatic heterocycles. The third kappa shape index (κ3) is 5.07. The van der Waals surface area contributed by atoms with Crippen LogP contribution in [0.5, 0.6) is 0 Å². The summed E-state index contributed by atoms with van der Waals surface area (Å²) in [5.74, 6) is 0.400. The highest BCUT2D eigenvalue weighted by Gasteiger charge is 2.41. The first kappa shape index (κ1) is 16.4. The molecule has 110 valence electrons. The Morgan fingerprint density at radius 2 is 1.89 bits per heavy atom. The number of hydrogen-bond donors (Lipinski definition) is 1. The molecule has 0 spiro atoms. The molecule has 0 saturated heterocycles. The fraction of sp³-hybridized carbons (Fsp3) is 0.929.